The summed E-state index contributed by atoms with van der Waals surface area (Å²) in [4.78, 5) is 24.5. The average Bonchev–Trinajstić information content (AvgIpc) is 3.44. The van der Waals surface area contributed by atoms with Crippen molar-refractivity contribution in [3.63, 3.8) is 0 Å². The molecule has 11 heteroatoms. The third-order valence-electron chi connectivity index (χ3n) is 6.85. The van der Waals surface area contributed by atoms with Crippen LogP contribution in [0.15, 0.2) is 85.2 Å². The number of fused-ring (bicyclic) bond motifs is 1. The second-order valence-electron chi connectivity index (χ2n) is 10.0. The third-order valence-corrected chi connectivity index (χ3v) is 6.85. The summed E-state index contributed by atoms with van der Waals surface area (Å²) in [6.45, 7) is 1.81. The largest absolute Gasteiger partial charge is 0.494 e. The lowest BCUT2D eigenvalue weighted by Crippen LogP contribution is -2.28. The minimum atomic E-state index is -0.396. The predicted molar refractivity (Wildman–Crippen MR) is 164 cm³/mol. The van der Waals surface area contributed by atoms with Crippen molar-refractivity contribution in [1.29, 1.82) is 0 Å². The third kappa shape index (κ3) is 6.26. The van der Waals surface area contributed by atoms with E-state index in [2.05, 4.69) is 10.3 Å². The van der Waals surface area contributed by atoms with Crippen LogP contribution in [0.1, 0.15) is 5.56 Å². The van der Waals surface area contributed by atoms with Gasteiger partial charge < -0.3 is 29.2 Å². The molecule has 0 saturated carbocycles. The number of nitro benzene ring substituents is 1. The highest BCUT2D eigenvalue weighted by Crippen LogP contribution is 2.39. The molecule has 11 nitrogen and oxygen atoms in total. The highest BCUT2D eigenvalue weighted by atomic mass is 16.6. The van der Waals surface area contributed by atoms with Gasteiger partial charge in [-0.05, 0) is 43.9 Å². The van der Waals surface area contributed by atoms with Gasteiger partial charge >= 0.3 is 0 Å². The number of nitro groups is 1. The Bertz CT molecular complexity index is 1690. The van der Waals surface area contributed by atoms with E-state index in [-0.39, 0.29) is 11.6 Å². The molecule has 5 rings (SSSR count). The SMILES string of the molecule is COc1cc(N(C)CCN(C)C)c([N+](=O)[O-])cc1Nc1nccc(-n2ccc3c(OCc4ccccc4)cccc32)n1. The molecule has 0 saturated heterocycles. The van der Waals surface area contributed by atoms with E-state index in [1.54, 1.807) is 18.3 Å². The van der Waals surface area contributed by atoms with Crippen LogP contribution in [0, 0.1) is 10.1 Å². The smallest absolute Gasteiger partial charge is 0.294 e. The maximum absolute atomic E-state index is 12.0. The zero-order chi connectivity index (χ0) is 29.6. The number of hydrogen-bond acceptors (Lipinski definition) is 9. The lowest BCUT2D eigenvalue weighted by atomic mass is 10.2. The molecule has 2 aromatic heterocycles. The maximum Gasteiger partial charge on any atom is 0.294 e. The molecule has 3 aromatic carbocycles. The topological polar surface area (TPSA) is 111 Å². The van der Waals surface area contributed by atoms with E-state index in [0.717, 1.165) is 28.8 Å². The summed E-state index contributed by atoms with van der Waals surface area (Å²) in [5, 5.41) is 16.1. The van der Waals surface area contributed by atoms with E-state index in [4.69, 9.17) is 14.5 Å². The Morgan fingerprint density at radius 1 is 0.976 bits per heavy atom. The van der Waals surface area contributed by atoms with Crippen molar-refractivity contribution in [1.82, 2.24) is 19.4 Å². The zero-order valence-corrected chi connectivity index (χ0v) is 24.0. The summed E-state index contributed by atoms with van der Waals surface area (Å²) in [7, 11) is 7.26. The molecule has 0 unspecified atom stereocenters. The fourth-order valence-electron chi connectivity index (χ4n) is 4.61. The van der Waals surface area contributed by atoms with E-state index in [0.29, 0.717) is 36.1 Å². The summed E-state index contributed by atoms with van der Waals surface area (Å²) in [5.41, 5.74) is 2.81. The van der Waals surface area contributed by atoms with Crippen LogP contribution in [0.3, 0.4) is 0 Å². The Morgan fingerprint density at radius 3 is 2.52 bits per heavy atom. The van der Waals surface area contributed by atoms with Crippen molar-refractivity contribution in [2.75, 3.05) is 51.6 Å². The molecule has 0 fully saturated rings. The van der Waals surface area contributed by atoms with E-state index >= 15 is 0 Å². The van der Waals surface area contributed by atoms with Crippen LogP contribution in [0.5, 0.6) is 11.5 Å². The standard InChI is InChI=1S/C31H33N7O4/c1-35(2)17-18-36(3)26-20-29(41-4)24(19-27(26)38(39)40)33-31-32-15-13-30(34-31)37-16-14-23-25(37)11-8-12-28(23)42-21-22-9-6-5-7-10-22/h5-16,19-20H,17-18,21H2,1-4H3,(H,32,33,34). The molecule has 0 atom stereocenters. The first-order valence-electron chi connectivity index (χ1n) is 13.4. The van der Waals surface area contributed by atoms with Gasteiger partial charge in [-0.2, -0.15) is 4.98 Å². The van der Waals surface area contributed by atoms with Gasteiger partial charge in [-0.25, -0.2) is 4.98 Å². The minimum Gasteiger partial charge on any atom is -0.494 e. The quantitative estimate of drug-likeness (QED) is 0.151. The van der Waals surface area contributed by atoms with Crippen molar-refractivity contribution >= 4 is 33.9 Å². The molecule has 0 aliphatic heterocycles. The zero-order valence-electron chi connectivity index (χ0n) is 24.0. The Hall–Kier alpha value is -5.16. The number of methoxy groups -OCH3 is 1. The fourth-order valence-corrected chi connectivity index (χ4v) is 4.61. The van der Waals surface area contributed by atoms with Gasteiger partial charge in [0.25, 0.3) is 5.69 Å². The molecule has 0 spiro atoms. The van der Waals surface area contributed by atoms with Gasteiger partial charge in [-0.15, -0.1) is 0 Å². The summed E-state index contributed by atoms with van der Waals surface area (Å²) in [5.74, 6) is 2.10. The molecule has 42 heavy (non-hydrogen) atoms. The summed E-state index contributed by atoms with van der Waals surface area (Å²) >= 11 is 0. The molecule has 216 valence electrons. The number of anilines is 3. The maximum atomic E-state index is 12.0. The highest BCUT2D eigenvalue weighted by Gasteiger charge is 2.22. The summed E-state index contributed by atoms with van der Waals surface area (Å²) in [6, 6.07) is 22.8. The van der Waals surface area contributed by atoms with Crippen LogP contribution < -0.4 is 19.7 Å². The van der Waals surface area contributed by atoms with Crippen LogP contribution in [0.25, 0.3) is 16.7 Å². The van der Waals surface area contributed by atoms with Crippen LogP contribution in [-0.2, 0) is 6.61 Å². The first-order chi connectivity index (χ1) is 20.3. The summed E-state index contributed by atoms with van der Waals surface area (Å²) < 4.78 is 13.7. The second-order valence-corrected chi connectivity index (χ2v) is 10.0. The monoisotopic (exact) mass is 567 g/mol. The van der Waals surface area contributed by atoms with Gasteiger partial charge in [-0.3, -0.25) is 10.1 Å². The van der Waals surface area contributed by atoms with Crippen LogP contribution >= 0.6 is 0 Å². The number of aromatic nitrogens is 3. The van der Waals surface area contributed by atoms with E-state index < -0.39 is 4.92 Å². The average molecular weight is 568 g/mol. The fraction of sp³-hybridized carbons (Fsp3) is 0.226. The van der Waals surface area contributed by atoms with Crippen molar-refractivity contribution in [2.45, 2.75) is 6.61 Å². The second kappa shape index (κ2) is 12.6. The predicted octanol–water partition coefficient (Wildman–Crippen LogP) is 5.66. The van der Waals surface area contributed by atoms with Crippen LogP contribution in [-0.4, -0.2) is 65.7 Å². The minimum absolute atomic E-state index is 0.0462. The van der Waals surface area contributed by atoms with Crippen molar-refractivity contribution < 1.29 is 14.4 Å². The number of ether oxygens (including phenoxy) is 2. The molecule has 0 radical (unpaired) electrons. The van der Waals surface area contributed by atoms with Gasteiger partial charge in [0.2, 0.25) is 5.95 Å². The van der Waals surface area contributed by atoms with Crippen LogP contribution in [0.2, 0.25) is 0 Å². The number of hydrogen-bond donors (Lipinski definition) is 1. The first-order valence-corrected chi connectivity index (χ1v) is 13.4. The van der Waals surface area contributed by atoms with Crippen LogP contribution in [0.4, 0.5) is 23.0 Å². The van der Waals surface area contributed by atoms with E-state index in [1.165, 1.54) is 13.2 Å². The number of benzene rings is 3. The molecule has 0 aliphatic carbocycles. The van der Waals surface area contributed by atoms with Gasteiger partial charge in [0.05, 0.1) is 23.2 Å². The van der Waals surface area contributed by atoms with E-state index in [1.807, 2.05) is 96.3 Å². The Kier molecular flexibility index (Phi) is 8.49. The van der Waals surface area contributed by atoms with Crippen molar-refractivity contribution in [3.05, 3.63) is 101 Å². The van der Waals surface area contributed by atoms with Gasteiger partial charge in [0.1, 0.15) is 29.6 Å². The van der Waals surface area contributed by atoms with Crippen molar-refractivity contribution in [2.24, 2.45) is 0 Å². The number of likely N-dealkylation sites (N-methyl/N-ethyl adjacent to an activating group) is 2. The highest BCUT2D eigenvalue weighted by molar-refractivity contribution is 5.87. The first kappa shape index (κ1) is 28.4. The molecule has 5 aromatic rings. The Labute approximate surface area is 244 Å². The lowest BCUT2D eigenvalue weighted by Gasteiger charge is -2.22. The molecule has 0 amide bonds. The summed E-state index contributed by atoms with van der Waals surface area (Å²) in [6.07, 6.45) is 3.56. The number of nitrogens with one attached hydrogen (secondary N) is 1. The van der Waals surface area contributed by atoms with Gasteiger partial charge in [0, 0.05) is 50.0 Å². The molecule has 1 N–H and O–H groups in total. The molecule has 0 bridgehead atoms. The van der Waals surface area contributed by atoms with Gasteiger partial charge in [0.15, 0.2) is 0 Å². The molecular weight excluding hydrogens is 534 g/mol. The van der Waals surface area contributed by atoms with E-state index in [9.17, 15) is 10.1 Å². The normalized spacial score (nSPS) is 11.1. The van der Waals surface area contributed by atoms with Gasteiger partial charge in [-0.1, -0.05) is 36.4 Å². The molecule has 0 aliphatic rings. The lowest BCUT2D eigenvalue weighted by molar-refractivity contribution is -0.384. The number of nitrogens with zero attached hydrogens (tertiary/aromatic N) is 6. The molecule has 2 heterocycles. The number of rotatable bonds is 12. The molecular formula is C31H33N7O4. The van der Waals surface area contributed by atoms with Crippen molar-refractivity contribution in [3.8, 4) is 17.3 Å². The Morgan fingerprint density at radius 2 is 1.79 bits per heavy atom. The Balaban J connectivity index is 1.42.